The second kappa shape index (κ2) is 7.25. The van der Waals surface area contributed by atoms with Crippen LogP contribution in [0, 0.1) is 9.49 Å². The summed E-state index contributed by atoms with van der Waals surface area (Å²) in [5, 5.41) is 6.11. The van der Waals surface area contributed by atoms with E-state index in [4.69, 9.17) is 0 Å². The maximum Gasteiger partial charge on any atom is 0.180 e. The van der Waals surface area contributed by atoms with E-state index in [1.54, 1.807) is 16.0 Å². The Kier molecular flexibility index (Phi) is 4.88. The van der Waals surface area contributed by atoms with Crippen molar-refractivity contribution in [3.05, 3.63) is 105 Å². The van der Waals surface area contributed by atoms with Crippen molar-refractivity contribution in [1.29, 1.82) is 0 Å². The van der Waals surface area contributed by atoms with E-state index in [1.807, 2.05) is 0 Å². The monoisotopic (exact) mass is 602 g/mol. The quantitative estimate of drug-likeness (QED) is 0.218. The van der Waals surface area contributed by atoms with Crippen molar-refractivity contribution in [2.45, 2.75) is 10.8 Å². The molecule has 2 unspecified atom stereocenters. The van der Waals surface area contributed by atoms with E-state index in [1.165, 1.54) is 19.5 Å². The van der Waals surface area contributed by atoms with E-state index < -0.39 is 8.07 Å². The predicted octanol–water partition coefficient (Wildman–Crippen LogP) is 5.08. The second-order valence-electron chi connectivity index (χ2n) is 7.59. The van der Waals surface area contributed by atoms with E-state index in [0.29, 0.717) is 9.84 Å². The van der Waals surface area contributed by atoms with E-state index >= 15 is 0 Å². The maximum atomic E-state index is 2.60. The van der Waals surface area contributed by atoms with Crippen molar-refractivity contribution in [2.75, 3.05) is 0 Å². The Morgan fingerprint density at radius 1 is 0.821 bits per heavy atom. The first-order valence-corrected chi connectivity index (χ1v) is 13.9. The second-order valence-corrected chi connectivity index (χ2v) is 14.0. The summed E-state index contributed by atoms with van der Waals surface area (Å²) >= 11 is 5.06. The smallest absolute Gasteiger partial charge is 0.0774 e. The number of halogens is 2. The van der Waals surface area contributed by atoms with Crippen molar-refractivity contribution >= 4 is 74.4 Å². The maximum absolute atomic E-state index is 2.60. The first-order chi connectivity index (χ1) is 13.6. The minimum atomic E-state index is -2.28. The SMILES string of the molecule is CC1C2=C(C=CC1I)[Si](c1ccccc1)(c1ccccc1)c1ccc(I)cc12. The van der Waals surface area contributed by atoms with Crippen LogP contribution in [0.1, 0.15) is 12.5 Å². The minimum Gasteiger partial charge on any atom is -0.0774 e. The molecule has 0 amide bonds. The van der Waals surface area contributed by atoms with Gasteiger partial charge in [0.2, 0.25) is 0 Å². The van der Waals surface area contributed by atoms with E-state index in [-0.39, 0.29) is 0 Å². The molecule has 0 saturated carbocycles. The highest BCUT2D eigenvalue weighted by atomic mass is 127. The van der Waals surface area contributed by atoms with Crippen molar-refractivity contribution in [2.24, 2.45) is 5.92 Å². The van der Waals surface area contributed by atoms with Crippen LogP contribution in [0.3, 0.4) is 0 Å². The van der Waals surface area contributed by atoms with Crippen LogP contribution in [0.4, 0.5) is 0 Å². The van der Waals surface area contributed by atoms with Crippen LogP contribution in [-0.4, -0.2) is 12.0 Å². The van der Waals surface area contributed by atoms with Gasteiger partial charge < -0.3 is 0 Å². The largest absolute Gasteiger partial charge is 0.180 e. The molecule has 0 fully saturated rings. The molecule has 0 N–H and O–H groups in total. The number of hydrogen-bond acceptors (Lipinski definition) is 0. The zero-order chi connectivity index (χ0) is 19.3. The Morgan fingerprint density at radius 3 is 2.04 bits per heavy atom. The molecule has 0 nitrogen and oxygen atoms in total. The van der Waals surface area contributed by atoms with E-state index in [0.717, 1.165) is 0 Å². The zero-order valence-corrected chi connectivity index (χ0v) is 20.9. The van der Waals surface area contributed by atoms with Gasteiger partial charge in [-0.1, -0.05) is 108 Å². The number of rotatable bonds is 2. The van der Waals surface area contributed by atoms with Crippen LogP contribution in [0.5, 0.6) is 0 Å². The van der Waals surface area contributed by atoms with Gasteiger partial charge in [0.15, 0.2) is 8.07 Å². The van der Waals surface area contributed by atoms with E-state index in [9.17, 15) is 0 Å². The first-order valence-electron chi connectivity index (χ1n) is 9.62. The lowest BCUT2D eigenvalue weighted by atomic mass is 9.88. The summed E-state index contributed by atoms with van der Waals surface area (Å²) in [6.07, 6.45) is 4.89. The number of alkyl halides is 1. The van der Waals surface area contributed by atoms with Gasteiger partial charge in [-0.25, -0.2) is 0 Å². The standard InChI is InChI=1S/C25H20I2Si/c1-17-22(27)13-15-24-25(17)21-16-18(26)12-14-23(21)28(24,19-8-4-2-5-9-19)20-10-6-3-7-11-20/h2-17,22H,1H3. The normalized spacial score (nSPS) is 22.1. The Bertz CT molecular complexity index is 1060. The van der Waals surface area contributed by atoms with Gasteiger partial charge in [0.25, 0.3) is 0 Å². The van der Waals surface area contributed by atoms with E-state index in [2.05, 4.69) is 143 Å². The van der Waals surface area contributed by atoms with Gasteiger partial charge in [0.05, 0.1) is 0 Å². The number of fused-ring (bicyclic) bond motifs is 2. The third-order valence-electron chi connectivity index (χ3n) is 6.16. The molecular weight excluding hydrogens is 582 g/mol. The molecule has 3 aromatic rings. The first kappa shape index (κ1) is 18.8. The molecule has 0 saturated heterocycles. The Hall–Kier alpha value is -1.18. The molecule has 2 aliphatic rings. The molecule has 138 valence electrons. The third-order valence-corrected chi connectivity index (χ3v) is 13.2. The van der Waals surface area contributed by atoms with Gasteiger partial charge in [-0.15, -0.1) is 0 Å². The molecule has 0 spiro atoms. The summed E-state index contributed by atoms with van der Waals surface area (Å²) in [6, 6.07) is 29.6. The van der Waals surface area contributed by atoms with Crippen molar-refractivity contribution in [3.63, 3.8) is 0 Å². The fourth-order valence-corrected chi connectivity index (χ4v) is 11.3. The van der Waals surface area contributed by atoms with Gasteiger partial charge in [-0.2, -0.15) is 0 Å². The average molecular weight is 602 g/mol. The molecule has 1 heterocycles. The summed E-state index contributed by atoms with van der Waals surface area (Å²) in [5.74, 6) is 0.527. The molecule has 5 rings (SSSR count). The summed E-state index contributed by atoms with van der Waals surface area (Å²) in [7, 11) is -2.28. The molecule has 1 aliphatic heterocycles. The highest BCUT2D eigenvalue weighted by Gasteiger charge is 2.51. The molecule has 0 aromatic heterocycles. The topological polar surface area (TPSA) is 0 Å². The summed E-state index contributed by atoms with van der Waals surface area (Å²) in [6.45, 7) is 2.40. The predicted molar refractivity (Wildman–Crippen MR) is 140 cm³/mol. The van der Waals surface area contributed by atoms with Crippen LogP contribution < -0.4 is 15.6 Å². The molecule has 0 bridgehead atoms. The van der Waals surface area contributed by atoms with Crippen LogP contribution in [0.15, 0.2) is 96.2 Å². The molecule has 2 atom stereocenters. The Balaban J connectivity index is 1.95. The fraction of sp³-hybridized carbons (Fsp3) is 0.120. The summed E-state index contributed by atoms with van der Waals surface area (Å²) < 4.78 is 1.86. The highest BCUT2D eigenvalue weighted by molar-refractivity contribution is 14.1. The molecule has 3 aromatic carbocycles. The summed E-state index contributed by atoms with van der Waals surface area (Å²) in [4.78, 5) is 0. The molecule has 0 radical (unpaired) electrons. The van der Waals surface area contributed by atoms with Crippen molar-refractivity contribution in [1.82, 2.24) is 0 Å². The van der Waals surface area contributed by atoms with Crippen LogP contribution in [-0.2, 0) is 0 Å². The molecule has 28 heavy (non-hydrogen) atoms. The number of allylic oxidation sites excluding steroid dienone is 4. The Morgan fingerprint density at radius 2 is 1.43 bits per heavy atom. The molecule has 3 heteroatoms. The molecular formula is C25H20I2Si. The fourth-order valence-electron chi connectivity index (χ4n) is 4.94. The van der Waals surface area contributed by atoms with Crippen LogP contribution in [0.2, 0.25) is 0 Å². The van der Waals surface area contributed by atoms with Gasteiger partial charge in [0, 0.05) is 7.49 Å². The van der Waals surface area contributed by atoms with Crippen LogP contribution >= 0.6 is 45.2 Å². The zero-order valence-electron chi connectivity index (χ0n) is 15.6. The average Bonchev–Trinajstić information content (AvgIpc) is 3.03. The van der Waals surface area contributed by atoms with Gasteiger partial charge in [0.1, 0.15) is 0 Å². The molecule has 1 aliphatic carbocycles. The Labute approximate surface area is 195 Å². The third kappa shape index (κ3) is 2.65. The highest BCUT2D eigenvalue weighted by Crippen LogP contribution is 2.44. The number of hydrogen-bond donors (Lipinski definition) is 0. The number of benzene rings is 3. The summed E-state index contributed by atoms with van der Waals surface area (Å²) in [5.41, 5.74) is 3.06. The van der Waals surface area contributed by atoms with Gasteiger partial charge in [-0.3, -0.25) is 0 Å². The van der Waals surface area contributed by atoms with Crippen molar-refractivity contribution in [3.8, 4) is 0 Å². The van der Waals surface area contributed by atoms with Gasteiger partial charge >= 0.3 is 0 Å². The lowest BCUT2D eigenvalue weighted by molar-refractivity contribution is 0.795. The van der Waals surface area contributed by atoms with Crippen molar-refractivity contribution < 1.29 is 0 Å². The van der Waals surface area contributed by atoms with Gasteiger partial charge in [-0.05, 0) is 72.5 Å². The minimum absolute atomic E-state index is 0.527. The lowest BCUT2D eigenvalue weighted by Gasteiger charge is -2.34. The lowest BCUT2D eigenvalue weighted by Crippen LogP contribution is -2.67. The van der Waals surface area contributed by atoms with Crippen LogP contribution in [0.25, 0.3) is 5.57 Å².